The number of nitrogens with one attached hydrogen (secondary N) is 1. The van der Waals surface area contributed by atoms with Gasteiger partial charge in [0.25, 0.3) is 0 Å². The van der Waals surface area contributed by atoms with Crippen LogP contribution in [0.4, 0.5) is 0 Å². The van der Waals surface area contributed by atoms with Crippen molar-refractivity contribution in [1.82, 2.24) is 10.2 Å². The van der Waals surface area contributed by atoms with Gasteiger partial charge in [0.1, 0.15) is 0 Å². The normalized spacial score (nSPS) is 17.6. The molecule has 1 N–H and O–H groups in total. The molecule has 0 spiro atoms. The molecule has 2 rings (SSSR count). The Kier molecular flexibility index (Phi) is 6.05. The summed E-state index contributed by atoms with van der Waals surface area (Å²) in [6.45, 7) is 7.94. The fourth-order valence-corrected chi connectivity index (χ4v) is 3.47. The molecule has 1 aliphatic heterocycles. The van der Waals surface area contributed by atoms with Crippen LogP contribution in [-0.4, -0.2) is 36.5 Å². The highest BCUT2D eigenvalue weighted by molar-refractivity contribution is 7.07. The average molecular weight is 294 g/mol. The van der Waals surface area contributed by atoms with E-state index in [9.17, 15) is 4.79 Å². The van der Waals surface area contributed by atoms with E-state index in [-0.39, 0.29) is 5.91 Å². The number of rotatable bonds is 6. The molecule has 0 saturated carbocycles. The molecule has 0 aromatic carbocycles. The topological polar surface area (TPSA) is 32.3 Å². The van der Waals surface area contributed by atoms with Crippen molar-refractivity contribution in [2.24, 2.45) is 5.92 Å². The highest BCUT2D eigenvalue weighted by Gasteiger charge is 2.20. The van der Waals surface area contributed by atoms with Gasteiger partial charge in [-0.3, -0.25) is 4.79 Å². The third-order valence-corrected chi connectivity index (χ3v) is 4.53. The minimum atomic E-state index is 0.207. The van der Waals surface area contributed by atoms with Crippen molar-refractivity contribution >= 4 is 17.2 Å². The lowest BCUT2D eigenvalue weighted by atomic mass is 10.0. The molecule has 4 heteroatoms. The van der Waals surface area contributed by atoms with Gasteiger partial charge in [-0.2, -0.15) is 11.3 Å². The van der Waals surface area contributed by atoms with Crippen molar-refractivity contribution in [1.29, 1.82) is 0 Å². The number of amides is 1. The molecule has 0 radical (unpaired) electrons. The molecule has 0 unspecified atom stereocenters. The summed E-state index contributed by atoms with van der Waals surface area (Å²) < 4.78 is 0. The second-order valence-electron chi connectivity index (χ2n) is 6.17. The van der Waals surface area contributed by atoms with Gasteiger partial charge in [-0.1, -0.05) is 13.8 Å². The molecule has 1 aromatic heterocycles. The Labute approximate surface area is 126 Å². The second-order valence-corrected chi connectivity index (χ2v) is 6.95. The first kappa shape index (κ1) is 15.5. The van der Waals surface area contributed by atoms with Gasteiger partial charge < -0.3 is 10.2 Å². The summed E-state index contributed by atoms with van der Waals surface area (Å²) in [7, 11) is 0. The Morgan fingerprint density at radius 2 is 2.20 bits per heavy atom. The van der Waals surface area contributed by atoms with Crippen LogP contribution >= 0.6 is 11.3 Å². The monoisotopic (exact) mass is 294 g/mol. The fraction of sp³-hybridized carbons (Fsp3) is 0.688. The van der Waals surface area contributed by atoms with E-state index in [1.807, 2.05) is 0 Å². The van der Waals surface area contributed by atoms with Gasteiger partial charge >= 0.3 is 0 Å². The Hall–Kier alpha value is -0.870. The van der Waals surface area contributed by atoms with Crippen LogP contribution in [0.3, 0.4) is 0 Å². The lowest BCUT2D eigenvalue weighted by Gasteiger charge is -2.33. The first-order chi connectivity index (χ1) is 9.63. The molecule has 1 aliphatic rings. The predicted octanol–water partition coefficient (Wildman–Crippen LogP) is 2.92. The van der Waals surface area contributed by atoms with Gasteiger partial charge in [0.15, 0.2) is 0 Å². The summed E-state index contributed by atoms with van der Waals surface area (Å²) in [6.07, 6.45) is 3.66. The summed E-state index contributed by atoms with van der Waals surface area (Å²) in [5.74, 6) is 0.935. The van der Waals surface area contributed by atoms with Crippen molar-refractivity contribution in [2.75, 3.05) is 19.6 Å². The van der Waals surface area contributed by atoms with Gasteiger partial charge in [0.05, 0.1) is 0 Å². The number of hydrogen-bond donors (Lipinski definition) is 1. The minimum absolute atomic E-state index is 0.207. The molecule has 0 aliphatic carbocycles. The molecular formula is C16H26N2OS. The van der Waals surface area contributed by atoms with E-state index in [0.29, 0.717) is 12.5 Å². The van der Waals surface area contributed by atoms with Crippen molar-refractivity contribution in [3.8, 4) is 0 Å². The third-order valence-electron chi connectivity index (χ3n) is 3.80. The molecule has 1 saturated heterocycles. The van der Waals surface area contributed by atoms with Crippen LogP contribution in [0.15, 0.2) is 16.8 Å². The van der Waals surface area contributed by atoms with E-state index in [4.69, 9.17) is 0 Å². The number of hydrogen-bond acceptors (Lipinski definition) is 3. The SMILES string of the molecule is CC(C)CN1CCC(NC(=O)CCc2ccsc2)CC1. The predicted molar refractivity (Wildman–Crippen MR) is 85.1 cm³/mol. The number of thiophene rings is 1. The molecule has 0 bridgehead atoms. The molecule has 1 fully saturated rings. The smallest absolute Gasteiger partial charge is 0.220 e. The van der Waals surface area contributed by atoms with Crippen molar-refractivity contribution < 1.29 is 4.79 Å². The van der Waals surface area contributed by atoms with E-state index in [2.05, 4.69) is 40.9 Å². The van der Waals surface area contributed by atoms with E-state index < -0.39 is 0 Å². The standard InChI is InChI=1S/C16H26N2OS/c1-13(2)11-18-8-5-15(6-9-18)17-16(19)4-3-14-7-10-20-12-14/h7,10,12-13,15H,3-6,8-9,11H2,1-2H3,(H,17,19). The van der Waals surface area contributed by atoms with Crippen molar-refractivity contribution in [2.45, 2.75) is 45.6 Å². The molecule has 1 aromatic rings. The Balaban J connectivity index is 1.63. The van der Waals surface area contributed by atoms with Crippen LogP contribution in [0.5, 0.6) is 0 Å². The zero-order valence-electron chi connectivity index (χ0n) is 12.6. The van der Waals surface area contributed by atoms with E-state index in [1.165, 1.54) is 12.1 Å². The van der Waals surface area contributed by atoms with Gasteiger partial charge in [0.2, 0.25) is 5.91 Å². The highest BCUT2D eigenvalue weighted by atomic mass is 32.1. The van der Waals surface area contributed by atoms with Crippen LogP contribution in [0.2, 0.25) is 0 Å². The van der Waals surface area contributed by atoms with E-state index in [1.54, 1.807) is 11.3 Å². The van der Waals surface area contributed by atoms with E-state index >= 15 is 0 Å². The first-order valence-electron chi connectivity index (χ1n) is 7.66. The summed E-state index contributed by atoms with van der Waals surface area (Å²) in [5, 5.41) is 7.38. The zero-order valence-corrected chi connectivity index (χ0v) is 13.4. The Morgan fingerprint density at radius 1 is 1.45 bits per heavy atom. The fourth-order valence-electron chi connectivity index (χ4n) is 2.77. The molecule has 3 nitrogen and oxygen atoms in total. The third kappa shape index (κ3) is 5.25. The van der Waals surface area contributed by atoms with Crippen LogP contribution < -0.4 is 5.32 Å². The number of aryl methyl sites for hydroxylation is 1. The lowest BCUT2D eigenvalue weighted by molar-refractivity contribution is -0.122. The number of likely N-dealkylation sites (tertiary alicyclic amines) is 1. The highest BCUT2D eigenvalue weighted by Crippen LogP contribution is 2.13. The van der Waals surface area contributed by atoms with Crippen molar-refractivity contribution in [3.05, 3.63) is 22.4 Å². The molecular weight excluding hydrogens is 268 g/mol. The van der Waals surface area contributed by atoms with Gasteiger partial charge in [0, 0.05) is 32.1 Å². The van der Waals surface area contributed by atoms with Crippen LogP contribution in [0, 0.1) is 5.92 Å². The van der Waals surface area contributed by atoms with Gasteiger partial charge in [-0.05, 0) is 47.6 Å². The van der Waals surface area contributed by atoms with Crippen molar-refractivity contribution in [3.63, 3.8) is 0 Å². The largest absolute Gasteiger partial charge is 0.353 e. The summed E-state index contributed by atoms with van der Waals surface area (Å²) in [4.78, 5) is 14.5. The summed E-state index contributed by atoms with van der Waals surface area (Å²) >= 11 is 1.69. The summed E-state index contributed by atoms with van der Waals surface area (Å²) in [5.41, 5.74) is 1.27. The maximum Gasteiger partial charge on any atom is 0.220 e. The van der Waals surface area contributed by atoms with Crippen LogP contribution in [0.25, 0.3) is 0 Å². The maximum atomic E-state index is 11.9. The Bertz CT molecular complexity index is 395. The number of carbonyl (C=O) groups excluding carboxylic acids is 1. The number of nitrogens with zero attached hydrogens (tertiary/aromatic N) is 1. The summed E-state index contributed by atoms with van der Waals surface area (Å²) in [6, 6.07) is 2.48. The van der Waals surface area contributed by atoms with Crippen LogP contribution in [0.1, 0.15) is 38.7 Å². The lowest BCUT2D eigenvalue weighted by Crippen LogP contribution is -2.45. The molecule has 112 valence electrons. The number of carbonyl (C=O) groups is 1. The molecule has 2 heterocycles. The van der Waals surface area contributed by atoms with Gasteiger partial charge in [-0.15, -0.1) is 0 Å². The minimum Gasteiger partial charge on any atom is -0.353 e. The Morgan fingerprint density at radius 3 is 2.80 bits per heavy atom. The first-order valence-corrected chi connectivity index (χ1v) is 8.60. The second kappa shape index (κ2) is 7.79. The average Bonchev–Trinajstić information content (AvgIpc) is 2.91. The molecule has 20 heavy (non-hydrogen) atoms. The van der Waals surface area contributed by atoms with Gasteiger partial charge in [-0.25, -0.2) is 0 Å². The quantitative estimate of drug-likeness (QED) is 0.875. The van der Waals surface area contributed by atoms with Crippen LogP contribution in [-0.2, 0) is 11.2 Å². The molecule has 0 atom stereocenters. The zero-order chi connectivity index (χ0) is 14.4. The maximum absolute atomic E-state index is 11.9. The number of piperidine rings is 1. The molecule has 1 amide bonds. The van der Waals surface area contributed by atoms with E-state index in [0.717, 1.165) is 38.3 Å².